The lowest BCUT2D eigenvalue weighted by Gasteiger charge is -2.20. The Balaban J connectivity index is 1.50. The predicted octanol–water partition coefficient (Wildman–Crippen LogP) is 3.33. The minimum absolute atomic E-state index is 0.163. The van der Waals surface area contributed by atoms with Gasteiger partial charge >= 0.3 is 5.97 Å². The van der Waals surface area contributed by atoms with Gasteiger partial charge in [-0.1, -0.05) is 37.6 Å². The number of nitrogens with zero attached hydrogens (tertiary/aromatic N) is 1. The number of carbonyl (C=O) groups excluding carboxylic acids is 3. The summed E-state index contributed by atoms with van der Waals surface area (Å²) in [6.45, 7) is 1.70. The summed E-state index contributed by atoms with van der Waals surface area (Å²) < 4.78 is 10.6. The Morgan fingerprint density at radius 1 is 1.13 bits per heavy atom. The van der Waals surface area contributed by atoms with Crippen LogP contribution in [0.25, 0.3) is 0 Å². The molecular weight excluding hydrogens is 384 g/mol. The molecule has 1 N–H and O–H groups in total. The van der Waals surface area contributed by atoms with E-state index in [1.807, 2.05) is 24.3 Å². The van der Waals surface area contributed by atoms with Crippen LogP contribution < -0.4 is 15.0 Å². The van der Waals surface area contributed by atoms with Crippen LogP contribution in [0.5, 0.6) is 5.75 Å². The maximum Gasteiger partial charge on any atom is 0.326 e. The maximum absolute atomic E-state index is 12.3. The van der Waals surface area contributed by atoms with E-state index in [0.29, 0.717) is 17.1 Å². The first-order valence-corrected chi connectivity index (χ1v) is 10.1. The van der Waals surface area contributed by atoms with E-state index in [2.05, 4.69) is 12.2 Å². The molecule has 0 spiro atoms. The van der Waals surface area contributed by atoms with Crippen LogP contribution in [-0.4, -0.2) is 37.5 Å². The third-order valence-electron chi connectivity index (χ3n) is 4.74. The van der Waals surface area contributed by atoms with Gasteiger partial charge < -0.3 is 14.8 Å². The fourth-order valence-corrected chi connectivity index (χ4v) is 3.15. The molecular formula is C23H26N2O5. The first kappa shape index (κ1) is 21.4. The van der Waals surface area contributed by atoms with Crippen LogP contribution in [0.3, 0.4) is 0 Å². The van der Waals surface area contributed by atoms with E-state index in [1.54, 1.807) is 24.3 Å². The number of ether oxygens (including phenoxy) is 2. The van der Waals surface area contributed by atoms with E-state index in [-0.39, 0.29) is 25.5 Å². The number of anilines is 2. The highest BCUT2D eigenvalue weighted by Crippen LogP contribution is 2.30. The highest BCUT2D eigenvalue weighted by Gasteiger charge is 2.25. The Labute approximate surface area is 176 Å². The molecule has 0 atom stereocenters. The standard InChI is InChI=1S/C23H26N2O5/c1-2-3-6-17-9-11-18(12-10-17)24-21(26)16-30-23(28)15-25-19-7-4-5-8-20(19)29-14-13-22(25)27/h4-5,7-12H,2-3,6,13-16H2,1H3,(H,24,26). The van der Waals surface area contributed by atoms with E-state index in [9.17, 15) is 14.4 Å². The number of hydrogen-bond acceptors (Lipinski definition) is 5. The van der Waals surface area contributed by atoms with Gasteiger partial charge in [-0.2, -0.15) is 0 Å². The number of benzene rings is 2. The van der Waals surface area contributed by atoms with Crippen molar-refractivity contribution in [3.8, 4) is 5.75 Å². The molecule has 0 aromatic heterocycles. The minimum atomic E-state index is -0.662. The van der Waals surface area contributed by atoms with E-state index >= 15 is 0 Å². The molecule has 158 valence electrons. The van der Waals surface area contributed by atoms with E-state index in [4.69, 9.17) is 9.47 Å². The Morgan fingerprint density at radius 2 is 1.90 bits per heavy atom. The van der Waals surface area contributed by atoms with Gasteiger partial charge in [0, 0.05) is 5.69 Å². The highest BCUT2D eigenvalue weighted by atomic mass is 16.5. The van der Waals surface area contributed by atoms with Gasteiger partial charge in [0.05, 0.1) is 18.7 Å². The average molecular weight is 410 g/mol. The minimum Gasteiger partial charge on any atom is -0.491 e. The zero-order chi connectivity index (χ0) is 21.3. The third kappa shape index (κ3) is 5.83. The van der Waals surface area contributed by atoms with Crippen LogP contribution >= 0.6 is 0 Å². The lowest BCUT2D eigenvalue weighted by molar-refractivity contribution is -0.146. The van der Waals surface area contributed by atoms with Gasteiger partial charge in [-0.3, -0.25) is 19.3 Å². The molecule has 1 aliphatic rings. The topological polar surface area (TPSA) is 84.9 Å². The molecule has 0 saturated heterocycles. The lowest BCUT2D eigenvalue weighted by atomic mass is 10.1. The molecule has 2 amide bonds. The molecule has 1 heterocycles. The van der Waals surface area contributed by atoms with Crippen LogP contribution in [0, 0.1) is 0 Å². The normalized spacial score (nSPS) is 13.1. The van der Waals surface area contributed by atoms with Gasteiger partial charge in [0.15, 0.2) is 6.61 Å². The number of fused-ring (bicyclic) bond motifs is 1. The van der Waals surface area contributed by atoms with Crippen molar-refractivity contribution in [1.82, 2.24) is 0 Å². The summed E-state index contributed by atoms with van der Waals surface area (Å²) in [6.07, 6.45) is 3.42. The Hall–Kier alpha value is -3.35. The SMILES string of the molecule is CCCCc1ccc(NC(=O)COC(=O)CN2C(=O)CCOc3ccccc32)cc1. The number of aryl methyl sites for hydroxylation is 1. The Morgan fingerprint density at radius 3 is 2.67 bits per heavy atom. The maximum atomic E-state index is 12.3. The van der Waals surface area contributed by atoms with Crippen LogP contribution in [-0.2, 0) is 25.5 Å². The largest absolute Gasteiger partial charge is 0.491 e. The number of para-hydroxylation sites is 2. The Bertz CT molecular complexity index is 895. The van der Waals surface area contributed by atoms with Crippen molar-refractivity contribution in [2.45, 2.75) is 32.6 Å². The summed E-state index contributed by atoms with van der Waals surface area (Å²) in [5.41, 5.74) is 2.38. The zero-order valence-electron chi connectivity index (χ0n) is 17.1. The molecule has 2 aromatic rings. The van der Waals surface area contributed by atoms with Gasteiger partial charge in [-0.25, -0.2) is 0 Å². The molecule has 1 aliphatic heterocycles. The van der Waals surface area contributed by atoms with Crippen LogP contribution in [0.2, 0.25) is 0 Å². The molecule has 7 nitrogen and oxygen atoms in total. The number of hydrogen-bond donors (Lipinski definition) is 1. The van der Waals surface area contributed by atoms with E-state index < -0.39 is 18.5 Å². The van der Waals surface area contributed by atoms with Crippen molar-refractivity contribution in [1.29, 1.82) is 0 Å². The first-order valence-electron chi connectivity index (χ1n) is 10.1. The summed E-state index contributed by atoms with van der Waals surface area (Å²) in [6, 6.07) is 14.6. The molecule has 0 unspecified atom stereocenters. The molecule has 0 bridgehead atoms. The van der Waals surface area contributed by atoms with Gasteiger partial charge in [-0.15, -0.1) is 0 Å². The number of esters is 1. The molecule has 7 heteroatoms. The smallest absolute Gasteiger partial charge is 0.326 e. The van der Waals surface area contributed by atoms with Crippen LogP contribution in [0.1, 0.15) is 31.7 Å². The summed E-state index contributed by atoms with van der Waals surface area (Å²) in [4.78, 5) is 38.0. The van der Waals surface area contributed by atoms with Gasteiger partial charge in [-0.05, 0) is 42.7 Å². The molecule has 0 aliphatic carbocycles. The van der Waals surface area contributed by atoms with Crippen molar-refractivity contribution in [2.24, 2.45) is 0 Å². The van der Waals surface area contributed by atoms with Crippen molar-refractivity contribution >= 4 is 29.2 Å². The van der Waals surface area contributed by atoms with E-state index in [1.165, 1.54) is 10.5 Å². The predicted molar refractivity (Wildman–Crippen MR) is 114 cm³/mol. The van der Waals surface area contributed by atoms with Crippen molar-refractivity contribution in [3.63, 3.8) is 0 Å². The number of nitrogens with one attached hydrogen (secondary N) is 1. The fourth-order valence-electron chi connectivity index (χ4n) is 3.15. The Kier molecular flexibility index (Phi) is 7.43. The second-order valence-corrected chi connectivity index (χ2v) is 7.06. The van der Waals surface area contributed by atoms with Gasteiger partial charge in [0.2, 0.25) is 5.91 Å². The van der Waals surface area contributed by atoms with Crippen molar-refractivity contribution in [3.05, 3.63) is 54.1 Å². The van der Waals surface area contributed by atoms with Crippen molar-refractivity contribution in [2.75, 3.05) is 30.0 Å². The molecule has 0 fully saturated rings. The zero-order valence-corrected chi connectivity index (χ0v) is 17.1. The lowest BCUT2D eigenvalue weighted by Crippen LogP contribution is -2.36. The van der Waals surface area contributed by atoms with Crippen LogP contribution in [0.4, 0.5) is 11.4 Å². The number of amides is 2. The summed E-state index contributed by atoms with van der Waals surface area (Å²) in [5.74, 6) is -0.790. The number of carbonyl (C=O) groups is 3. The molecule has 2 aromatic carbocycles. The second-order valence-electron chi connectivity index (χ2n) is 7.06. The first-order chi connectivity index (χ1) is 14.6. The number of rotatable bonds is 8. The summed E-state index contributed by atoms with van der Waals surface area (Å²) in [5, 5.41) is 2.70. The monoisotopic (exact) mass is 410 g/mol. The molecule has 3 rings (SSSR count). The molecule has 0 saturated carbocycles. The summed E-state index contributed by atoms with van der Waals surface area (Å²) in [7, 11) is 0. The average Bonchev–Trinajstić information content (AvgIpc) is 2.91. The van der Waals surface area contributed by atoms with Crippen molar-refractivity contribution < 1.29 is 23.9 Å². The van der Waals surface area contributed by atoms with E-state index in [0.717, 1.165) is 19.3 Å². The number of unbranched alkanes of at least 4 members (excludes halogenated alkanes) is 1. The molecule has 30 heavy (non-hydrogen) atoms. The fraction of sp³-hybridized carbons (Fsp3) is 0.348. The second kappa shape index (κ2) is 10.4. The quantitative estimate of drug-likeness (QED) is 0.675. The molecule has 0 radical (unpaired) electrons. The highest BCUT2D eigenvalue weighted by molar-refractivity contribution is 6.00. The third-order valence-corrected chi connectivity index (χ3v) is 4.74. The van der Waals surface area contributed by atoms with Crippen LogP contribution in [0.15, 0.2) is 48.5 Å². The summed E-state index contributed by atoms with van der Waals surface area (Å²) >= 11 is 0. The van der Waals surface area contributed by atoms with Gasteiger partial charge in [0.25, 0.3) is 5.91 Å². The van der Waals surface area contributed by atoms with Gasteiger partial charge in [0.1, 0.15) is 12.3 Å².